The van der Waals surface area contributed by atoms with Gasteiger partial charge in [-0.15, -0.1) is 5.10 Å². The number of amides is 2. The molecule has 0 saturated carbocycles. The first-order chi connectivity index (χ1) is 14.0. The minimum atomic E-state index is -0.297. The summed E-state index contributed by atoms with van der Waals surface area (Å²) in [7, 11) is 0. The highest BCUT2D eigenvalue weighted by Gasteiger charge is 2.21. The molecule has 0 atom stereocenters. The molecule has 4 rings (SSSR count). The van der Waals surface area contributed by atoms with E-state index >= 15 is 0 Å². The Morgan fingerprint density at radius 2 is 1.93 bits per heavy atom. The number of nitrogens with zero attached hydrogens (tertiary/aromatic N) is 4. The van der Waals surface area contributed by atoms with Crippen LogP contribution in [0.2, 0.25) is 5.02 Å². The summed E-state index contributed by atoms with van der Waals surface area (Å²) in [4.78, 5) is 27.6. The monoisotopic (exact) mass is 409 g/mol. The second-order valence-corrected chi connectivity index (χ2v) is 7.34. The van der Waals surface area contributed by atoms with E-state index in [2.05, 4.69) is 15.5 Å². The highest BCUT2D eigenvalue weighted by molar-refractivity contribution is 6.30. The first-order valence-electron chi connectivity index (χ1n) is 9.38. The molecule has 0 bridgehead atoms. The fraction of sp³-hybridized carbons (Fsp3) is 0.238. The third-order valence-electron chi connectivity index (χ3n) is 4.81. The SMILES string of the molecule is Cc1nn(-c2cccc(Cl)c2)nc1C(=O)NCc1ccc(N2CCCC2=O)cc1. The molecule has 3 aromatic rings. The van der Waals surface area contributed by atoms with E-state index in [0.717, 1.165) is 24.2 Å². The lowest BCUT2D eigenvalue weighted by atomic mass is 10.2. The van der Waals surface area contributed by atoms with Gasteiger partial charge in [0.25, 0.3) is 5.91 Å². The van der Waals surface area contributed by atoms with Crippen molar-refractivity contribution in [1.29, 1.82) is 0 Å². The van der Waals surface area contributed by atoms with Crippen molar-refractivity contribution < 1.29 is 9.59 Å². The molecule has 2 aromatic carbocycles. The second-order valence-electron chi connectivity index (χ2n) is 6.90. The van der Waals surface area contributed by atoms with Gasteiger partial charge in [-0.05, 0) is 49.2 Å². The topological polar surface area (TPSA) is 80.1 Å². The maximum atomic E-state index is 12.6. The molecule has 1 saturated heterocycles. The van der Waals surface area contributed by atoms with Crippen LogP contribution in [0.25, 0.3) is 5.69 Å². The maximum absolute atomic E-state index is 12.6. The Bertz CT molecular complexity index is 1060. The van der Waals surface area contributed by atoms with Gasteiger partial charge in [-0.25, -0.2) is 0 Å². The third-order valence-corrected chi connectivity index (χ3v) is 5.05. The van der Waals surface area contributed by atoms with Gasteiger partial charge < -0.3 is 10.2 Å². The Labute approximate surface area is 173 Å². The summed E-state index contributed by atoms with van der Waals surface area (Å²) in [5, 5.41) is 12.0. The van der Waals surface area contributed by atoms with Gasteiger partial charge in [0.1, 0.15) is 0 Å². The van der Waals surface area contributed by atoms with Gasteiger partial charge in [0.15, 0.2) is 5.69 Å². The second kappa shape index (κ2) is 8.05. The lowest BCUT2D eigenvalue weighted by molar-refractivity contribution is -0.117. The summed E-state index contributed by atoms with van der Waals surface area (Å²) in [6.45, 7) is 2.86. The average Bonchev–Trinajstić information content (AvgIpc) is 3.32. The van der Waals surface area contributed by atoms with Gasteiger partial charge in [-0.2, -0.15) is 9.90 Å². The Hall–Kier alpha value is -3.19. The third kappa shape index (κ3) is 4.14. The number of carbonyl (C=O) groups is 2. The van der Waals surface area contributed by atoms with Crippen LogP contribution in [-0.2, 0) is 11.3 Å². The number of carbonyl (C=O) groups excluding carboxylic acids is 2. The molecule has 8 heteroatoms. The van der Waals surface area contributed by atoms with Crippen molar-refractivity contribution in [2.75, 3.05) is 11.4 Å². The molecule has 0 aliphatic carbocycles. The zero-order chi connectivity index (χ0) is 20.4. The minimum Gasteiger partial charge on any atom is -0.347 e. The van der Waals surface area contributed by atoms with E-state index in [0.29, 0.717) is 29.4 Å². The molecule has 2 amide bonds. The highest BCUT2D eigenvalue weighted by atomic mass is 35.5. The molecule has 0 spiro atoms. The van der Waals surface area contributed by atoms with Crippen LogP contribution in [0.4, 0.5) is 5.69 Å². The maximum Gasteiger partial charge on any atom is 0.274 e. The van der Waals surface area contributed by atoms with Crippen molar-refractivity contribution in [2.24, 2.45) is 0 Å². The molecule has 0 unspecified atom stereocenters. The number of hydrogen-bond donors (Lipinski definition) is 1. The number of benzene rings is 2. The van der Waals surface area contributed by atoms with E-state index in [-0.39, 0.29) is 17.5 Å². The predicted octanol–water partition coefficient (Wildman–Crippen LogP) is 3.29. The zero-order valence-corrected chi connectivity index (χ0v) is 16.7. The van der Waals surface area contributed by atoms with E-state index in [1.54, 1.807) is 30.0 Å². The fourth-order valence-corrected chi connectivity index (χ4v) is 3.47. The summed E-state index contributed by atoms with van der Waals surface area (Å²) >= 11 is 6.01. The molecule has 1 aromatic heterocycles. The molecule has 1 fully saturated rings. The molecule has 1 aliphatic heterocycles. The lowest BCUT2D eigenvalue weighted by Crippen LogP contribution is -2.25. The first-order valence-corrected chi connectivity index (χ1v) is 9.76. The number of nitrogens with one attached hydrogen (secondary N) is 1. The summed E-state index contributed by atoms with van der Waals surface area (Å²) in [6, 6.07) is 14.8. The molecule has 1 N–H and O–H groups in total. The number of aryl methyl sites for hydroxylation is 1. The van der Waals surface area contributed by atoms with Gasteiger partial charge in [0.2, 0.25) is 5.91 Å². The van der Waals surface area contributed by atoms with Crippen LogP contribution in [-0.4, -0.2) is 33.4 Å². The Balaban J connectivity index is 1.41. The summed E-state index contributed by atoms with van der Waals surface area (Å²) in [5.41, 5.74) is 3.32. The van der Waals surface area contributed by atoms with Crippen LogP contribution in [0, 0.1) is 6.92 Å². The van der Waals surface area contributed by atoms with Crippen LogP contribution < -0.4 is 10.2 Å². The Morgan fingerprint density at radius 1 is 1.14 bits per heavy atom. The standard InChI is InChI=1S/C21H20ClN5O2/c1-14-20(25-27(24-14)18-5-2-4-16(22)12-18)21(29)23-13-15-7-9-17(10-8-15)26-11-3-6-19(26)28/h2,4-5,7-10,12H,3,6,11,13H2,1H3,(H,23,29). The number of halogens is 1. The van der Waals surface area contributed by atoms with E-state index < -0.39 is 0 Å². The van der Waals surface area contributed by atoms with Crippen molar-refractivity contribution in [2.45, 2.75) is 26.3 Å². The molecule has 0 radical (unpaired) electrons. The number of rotatable bonds is 5. The van der Waals surface area contributed by atoms with Gasteiger partial charge in [0, 0.05) is 30.2 Å². The van der Waals surface area contributed by atoms with Crippen LogP contribution in [0.1, 0.15) is 34.6 Å². The summed E-state index contributed by atoms with van der Waals surface area (Å²) < 4.78 is 0. The van der Waals surface area contributed by atoms with Gasteiger partial charge in [-0.3, -0.25) is 9.59 Å². The van der Waals surface area contributed by atoms with Gasteiger partial charge >= 0.3 is 0 Å². The Kier molecular flexibility index (Phi) is 5.31. The van der Waals surface area contributed by atoms with E-state index in [4.69, 9.17) is 11.6 Å². The lowest BCUT2D eigenvalue weighted by Gasteiger charge is -2.16. The van der Waals surface area contributed by atoms with Gasteiger partial charge in [-0.1, -0.05) is 29.8 Å². The average molecular weight is 410 g/mol. The van der Waals surface area contributed by atoms with Crippen molar-refractivity contribution in [1.82, 2.24) is 20.3 Å². The minimum absolute atomic E-state index is 0.157. The van der Waals surface area contributed by atoms with Crippen LogP contribution >= 0.6 is 11.6 Å². The van der Waals surface area contributed by atoms with E-state index in [1.165, 1.54) is 4.80 Å². The molecule has 148 valence electrons. The van der Waals surface area contributed by atoms with Crippen molar-refractivity contribution in [3.63, 3.8) is 0 Å². The first kappa shape index (κ1) is 19.1. The molecule has 1 aliphatic rings. The van der Waals surface area contributed by atoms with Gasteiger partial charge in [0.05, 0.1) is 11.4 Å². The highest BCUT2D eigenvalue weighted by Crippen LogP contribution is 2.21. The summed E-state index contributed by atoms with van der Waals surface area (Å²) in [5.74, 6) is -0.140. The van der Waals surface area contributed by atoms with Crippen molar-refractivity contribution in [3.05, 3.63) is 70.5 Å². The largest absolute Gasteiger partial charge is 0.347 e. The number of hydrogen-bond acceptors (Lipinski definition) is 4. The fourth-order valence-electron chi connectivity index (χ4n) is 3.29. The number of anilines is 1. The summed E-state index contributed by atoms with van der Waals surface area (Å²) in [6.07, 6.45) is 1.50. The van der Waals surface area contributed by atoms with Crippen molar-refractivity contribution >= 4 is 29.1 Å². The Morgan fingerprint density at radius 3 is 2.62 bits per heavy atom. The smallest absolute Gasteiger partial charge is 0.274 e. The molecule has 2 heterocycles. The molecule has 7 nitrogen and oxygen atoms in total. The van der Waals surface area contributed by atoms with Crippen LogP contribution in [0.15, 0.2) is 48.5 Å². The number of aromatic nitrogens is 3. The normalized spacial score (nSPS) is 13.7. The van der Waals surface area contributed by atoms with Crippen LogP contribution in [0.5, 0.6) is 0 Å². The quantitative estimate of drug-likeness (QED) is 0.701. The van der Waals surface area contributed by atoms with E-state index in [9.17, 15) is 9.59 Å². The van der Waals surface area contributed by atoms with Crippen LogP contribution in [0.3, 0.4) is 0 Å². The van der Waals surface area contributed by atoms with E-state index in [1.807, 2.05) is 30.3 Å². The zero-order valence-electron chi connectivity index (χ0n) is 15.9. The molecular formula is C21H20ClN5O2. The molecule has 29 heavy (non-hydrogen) atoms. The predicted molar refractivity (Wildman–Crippen MR) is 110 cm³/mol. The van der Waals surface area contributed by atoms with Crippen molar-refractivity contribution in [3.8, 4) is 5.69 Å². The molecular weight excluding hydrogens is 390 g/mol.